The van der Waals surface area contributed by atoms with E-state index in [2.05, 4.69) is 53.7 Å². The van der Waals surface area contributed by atoms with Gasteiger partial charge in [-0.1, -0.05) is 13.0 Å². The minimum Gasteiger partial charge on any atom is -0.492 e. The Morgan fingerprint density at radius 1 is 1.29 bits per heavy atom. The highest BCUT2D eigenvalue weighted by Crippen LogP contribution is 2.30. The second kappa shape index (κ2) is 8.19. The van der Waals surface area contributed by atoms with E-state index in [0.29, 0.717) is 0 Å². The number of benzene rings is 1. The first kappa shape index (κ1) is 16.8. The molecule has 2 rings (SSSR count). The summed E-state index contributed by atoms with van der Waals surface area (Å²) in [5.41, 5.74) is 2.48. The van der Waals surface area contributed by atoms with Gasteiger partial charge < -0.3 is 9.64 Å². The highest BCUT2D eigenvalue weighted by Gasteiger charge is 2.15. The second-order valence-corrected chi connectivity index (χ2v) is 7.35. The summed E-state index contributed by atoms with van der Waals surface area (Å²) in [6, 6.07) is 4.30. The molecule has 21 heavy (non-hydrogen) atoms. The van der Waals surface area contributed by atoms with Gasteiger partial charge in [-0.2, -0.15) is 0 Å². The lowest BCUT2D eigenvalue weighted by atomic mass is 10.0. The lowest BCUT2D eigenvalue weighted by molar-refractivity contribution is 0.176. The molecule has 2 nitrogen and oxygen atoms in total. The smallest absolute Gasteiger partial charge is 0.136 e. The van der Waals surface area contributed by atoms with Crippen LogP contribution in [0.2, 0.25) is 0 Å². The third-order valence-electron chi connectivity index (χ3n) is 4.23. The molecule has 1 heterocycles. The first-order chi connectivity index (χ1) is 10.1. The largest absolute Gasteiger partial charge is 0.492 e. The van der Waals surface area contributed by atoms with Crippen LogP contribution in [-0.2, 0) is 0 Å². The van der Waals surface area contributed by atoms with Gasteiger partial charge in [0.1, 0.15) is 5.75 Å². The van der Waals surface area contributed by atoms with Crippen molar-refractivity contribution in [2.24, 2.45) is 5.92 Å². The molecule has 0 radical (unpaired) electrons. The number of nitrogens with zero attached hydrogens (tertiary/aromatic N) is 1. The maximum absolute atomic E-state index is 5.97. The highest BCUT2D eigenvalue weighted by molar-refractivity contribution is 9.10. The second-order valence-electron chi connectivity index (χ2n) is 6.50. The van der Waals surface area contributed by atoms with Gasteiger partial charge in [-0.3, -0.25) is 0 Å². The van der Waals surface area contributed by atoms with E-state index in [4.69, 9.17) is 4.74 Å². The molecule has 0 aliphatic carbocycles. The Kier molecular flexibility index (Phi) is 6.56. The lowest BCUT2D eigenvalue weighted by Gasteiger charge is -2.30. The number of hydrogen-bond acceptors (Lipinski definition) is 2. The summed E-state index contributed by atoms with van der Waals surface area (Å²) in [7, 11) is 0. The Labute approximate surface area is 138 Å². The number of rotatable bonds is 6. The molecular formula is C18H28BrNO. The quantitative estimate of drug-likeness (QED) is 0.670. The summed E-state index contributed by atoms with van der Waals surface area (Å²) in [6.45, 7) is 11.2. The minimum atomic E-state index is 0.811. The summed E-state index contributed by atoms with van der Waals surface area (Å²) >= 11 is 3.60. The van der Waals surface area contributed by atoms with Crippen molar-refractivity contribution >= 4 is 15.9 Å². The van der Waals surface area contributed by atoms with Crippen molar-refractivity contribution in [1.29, 1.82) is 0 Å². The Balaban J connectivity index is 1.68. The number of aryl methyl sites for hydroxylation is 2. The van der Waals surface area contributed by atoms with Gasteiger partial charge in [0.15, 0.2) is 0 Å². The predicted octanol–water partition coefficient (Wildman–Crippen LogP) is 4.96. The predicted molar refractivity (Wildman–Crippen MR) is 93.2 cm³/mol. The van der Waals surface area contributed by atoms with E-state index >= 15 is 0 Å². The summed E-state index contributed by atoms with van der Waals surface area (Å²) in [4.78, 5) is 2.61. The van der Waals surface area contributed by atoms with E-state index < -0.39 is 0 Å². The first-order valence-electron chi connectivity index (χ1n) is 8.18. The molecule has 1 aliphatic heterocycles. The average Bonchev–Trinajstić information content (AvgIpc) is 2.41. The van der Waals surface area contributed by atoms with Crippen molar-refractivity contribution < 1.29 is 4.74 Å². The number of likely N-dealkylation sites (tertiary alicyclic amines) is 1. The maximum Gasteiger partial charge on any atom is 0.136 e. The molecule has 0 amide bonds. The van der Waals surface area contributed by atoms with Crippen molar-refractivity contribution in [3.63, 3.8) is 0 Å². The topological polar surface area (TPSA) is 12.5 Å². The number of halogens is 1. The van der Waals surface area contributed by atoms with Gasteiger partial charge >= 0.3 is 0 Å². The minimum absolute atomic E-state index is 0.811. The van der Waals surface area contributed by atoms with Gasteiger partial charge in [0, 0.05) is 6.54 Å². The molecule has 118 valence electrons. The van der Waals surface area contributed by atoms with E-state index in [9.17, 15) is 0 Å². The zero-order valence-electron chi connectivity index (χ0n) is 13.6. The zero-order chi connectivity index (χ0) is 15.2. The zero-order valence-corrected chi connectivity index (χ0v) is 15.2. The monoisotopic (exact) mass is 353 g/mol. The van der Waals surface area contributed by atoms with E-state index in [0.717, 1.165) is 29.2 Å². The van der Waals surface area contributed by atoms with Crippen LogP contribution >= 0.6 is 15.9 Å². The van der Waals surface area contributed by atoms with Crippen molar-refractivity contribution in [2.75, 3.05) is 26.2 Å². The Morgan fingerprint density at radius 3 is 2.81 bits per heavy atom. The third kappa shape index (κ3) is 5.30. The standard InChI is InChI=1S/C18H28BrNO/c1-14-7-6-9-20(13-14)8-4-5-10-21-18-16(3)11-15(2)12-17(18)19/h11-12,14H,4-10,13H2,1-3H3/t14-/m0/s1. The van der Waals surface area contributed by atoms with E-state index in [-0.39, 0.29) is 0 Å². The molecular weight excluding hydrogens is 326 g/mol. The number of ether oxygens (including phenoxy) is 1. The maximum atomic E-state index is 5.97. The van der Waals surface area contributed by atoms with Gasteiger partial charge in [0.05, 0.1) is 11.1 Å². The van der Waals surface area contributed by atoms with Crippen LogP contribution in [0.25, 0.3) is 0 Å². The molecule has 0 spiro atoms. The molecule has 0 aromatic heterocycles. The molecule has 1 saturated heterocycles. The van der Waals surface area contributed by atoms with Crippen molar-refractivity contribution in [3.8, 4) is 5.75 Å². The molecule has 0 N–H and O–H groups in total. The molecule has 1 aliphatic rings. The number of piperidine rings is 1. The van der Waals surface area contributed by atoms with Crippen LogP contribution < -0.4 is 4.74 Å². The summed E-state index contributed by atoms with van der Waals surface area (Å²) in [6.07, 6.45) is 5.13. The lowest BCUT2D eigenvalue weighted by Crippen LogP contribution is -2.35. The number of unbranched alkanes of at least 4 members (excludes halogenated alkanes) is 1. The summed E-state index contributed by atoms with van der Waals surface area (Å²) < 4.78 is 7.04. The third-order valence-corrected chi connectivity index (χ3v) is 4.82. The first-order valence-corrected chi connectivity index (χ1v) is 8.97. The summed E-state index contributed by atoms with van der Waals surface area (Å²) in [5, 5.41) is 0. The fraction of sp³-hybridized carbons (Fsp3) is 0.667. The van der Waals surface area contributed by atoms with Crippen LogP contribution in [-0.4, -0.2) is 31.1 Å². The Morgan fingerprint density at radius 2 is 2.10 bits per heavy atom. The van der Waals surface area contributed by atoms with Crippen LogP contribution in [0.3, 0.4) is 0 Å². The molecule has 0 unspecified atom stereocenters. The molecule has 1 fully saturated rings. The molecule has 1 atom stereocenters. The normalized spacial score (nSPS) is 19.7. The van der Waals surface area contributed by atoms with Crippen molar-refractivity contribution in [2.45, 2.75) is 46.5 Å². The Hall–Kier alpha value is -0.540. The Bertz CT molecular complexity index is 438. The average molecular weight is 354 g/mol. The van der Waals surface area contributed by atoms with Crippen LogP contribution in [0, 0.1) is 19.8 Å². The van der Waals surface area contributed by atoms with Gasteiger partial charge in [-0.05, 0) is 91.7 Å². The van der Waals surface area contributed by atoms with Crippen LogP contribution in [0.1, 0.15) is 43.7 Å². The molecule has 0 saturated carbocycles. The van der Waals surface area contributed by atoms with Gasteiger partial charge in [0.2, 0.25) is 0 Å². The van der Waals surface area contributed by atoms with Crippen molar-refractivity contribution in [1.82, 2.24) is 4.90 Å². The van der Waals surface area contributed by atoms with E-state index in [1.165, 1.54) is 50.0 Å². The molecule has 1 aromatic carbocycles. The molecule has 0 bridgehead atoms. The van der Waals surface area contributed by atoms with Gasteiger partial charge in [-0.25, -0.2) is 0 Å². The van der Waals surface area contributed by atoms with E-state index in [1.807, 2.05) is 0 Å². The van der Waals surface area contributed by atoms with Crippen LogP contribution in [0.4, 0.5) is 0 Å². The molecule has 1 aromatic rings. The fourth-order valence-electron chi connectivity index (χ4n) is 3.19. The summed E-state index contributed by atoms with van der Waals surface area (Å²) in [5.74, 6) is 1.88. The van der Waals surface area contributed by atoms with Gasteiger partial charge in [0.25, 0.3) is 0 Å². The van der Waals surface area contributed by atoms with E-state index in [1.54, 1.807) is 0 Å². The number of hydrogen-bond donors (Lipinski definition) is 0. The SMILES string of the molecule is Cc1cc(C)c(OCCCCN2CCC[C@H](C)C2)c(Br)c1. The molecule has 3 heteroatoms. The fourth-order valence-corrected chi connectivity index (χ4v) is 3.98. The van der Waals surface area contributed by atoms with Crippen LogP contribution in [0.15, 0.2) is 16.6 Å². The van der Waals surface area contributed by atoms with Crippen molar-refractivity contribution in [3.05, 3.63) is 27.7 Å². The highest BCUT2D eigenvalue weighted by atomic mass is 79.9. The van der Waals surface area contributed by atoms with Gasteiger partial charge in [-0.15, -0.1) is 0 Å². The van der Waals surface area contributed by atoms with Crippen LogP contribution in [0.5, 0.6) is 5.75 Å².